The third-order valence-electron chi connectivity index (χ3n) is 5.15. The largest absolute Gasteiger partial charge is 0.394 e. The number of benzene rings is 2. The van der Waals surface area contributed by atoms with Gasteiger partial charge >= 0.3 is 0 Å². The standard InChI is InChI=1S/C20H21F2NO3/c21-9-14-3-1-5-16(7-14)18-23-19(17-6-2-4-15(8-17)10-22)26-13-20(23,11-24)12-25-18/h1-8,18-19,24H,9-13H2/t18-,19+,20-. The number of aliphatic hydroxyl groups is 1. The summed E-state index contributed by atoms with van der Waals surface area (Å²) >= 11 is 0. The van der Waals surface area contributed by atoms with Gasteiger partial charge in [-0.15, -0.1) is 0 Å². The van der Waals surface area contributed by atoms with Gasteiger partial charge in [0, 0.05) is 0 Å². The molecule has 26 heavy (non-hydrogen) atoms. The molecule has 4 rings (SSSR count). The molecular formula is C20H21F2NO3. The number of rotatable bonds is 5. The van der Waals surface area contributed by atoms with Gasteiger partial charge in [-0.3, -0.25) is 0 Å². The fraction of sp³-hybridized carbons (Fsp3) is 0.400. The second-order valence-corrected chi connectivity index (χ2v) is 6.87. The van der Waals surface area contributed by atoms with Crippen LogP contribution in [0.15, 0.2) is 48.5 Å². The van der Waals surface area contributed by atoms with E-state index in [-0.39, 0.29) is 6.61 Å². The van der Waals surface area contributed by atoms with Crippen molar-refractivity contribution in [3.8, 4) is 0 Å². The molecule has 0 spiro atoms. The average Bonchev–Trinajstić information content (AvgIpc) is 3.25. The van der Waals surface area contributed by atoms with Gasteiger partial charge in [0.05, 0.1) is 25.4 Å². The first-order valence-corrected chi connectivity index (χ1v) is 8.63. The fourth-order valence-electron chi connectivity index (χ4n) is 3.79. The van der Waals surface area contributed by atoms with E-state index in [1.807, 2.05) is 17.0 Å². The minimum atomic E-state index is -0.660. The molecule has 2 aromatic carbocycles. The Morgan fingerprint density at radius 1 is 0.923 bits per heavy atom. The van der Waals surface area contributed by atoms with Gasteiger partial charge in [0.1, 0.15) is 25.8 Å². The molecule has 2 fully saturated rings. The highest BCUT2D eigenvalue weighted by atomic mass is 19.1. The molecule has 0 bridgehead atoms. The van der Waals surface area contributed by atoms with Crippen molar-refractivity contribution < 1.29 is 23.4 Å². The van der Waals surface area contributed by atoms with Gasteiger partial charge in [-0.25, -0.2) is 13.7 Å². The van der Waals surface area contributed by atoms with Gasteiger partial charge in [-0.1, -0.05) is 36.4 Å². The Kier molecular flexibility index (Phi) is 4.75. The molecule has 0 saturated carbocycles. The van der Waals surface area contributed by atoms with E-state index in [0.717, 1.165) is 11.1 Å². The van der Waals surface area contributed by atoms with Crippen molar-refractivity contribution in [2.45, 2.75) is 31.3 Å². The molecule has 2 aliphatic rings. The maximum absolute atomic E-state index is 13.1. The lowest BCUT2D eigenvalue weighted by Crippen LogP contribution is -2.47. The Balaban J connectivity index is 1.73. The van der Waals surface area contributed by atoms with Crippen LogP contribution < -0.4 is 0 Å². The average molecular weight is 361 g/mol. The molecule has 0 unspecified atom stereocenters. The van der Waals surface area contributed by atoms with Crippen LogP contribution in [0.3, 0.4) is 0 Å². The number of hydrogen-bond donors (Lipinski definition) is 1. The molecule has 2 saturated heterocycles. The first-order valence-electron chi connectivity index (χ1n) is 8.63. The van der Waals surface area contributed by atoms with E-state index in [1.165, 1.54) is 0 Å². The second kappa shape index (κ2) is 7.04. The second-order valence-electron chi connectivity index (χ2n) is 6.87. The Labute approximate surface area is 151 Å². The molecule has 3 atom stereocenters. The lowest BCUT2D eigenvalue weighted by atomic mass is 10.00. The Morgan fingerprint density at radius 2 is 1.42 bits per heavy atom. The molecule has 1 N–H and O–H groups in total. The summed E-state index contributed by atoms with van der Waals surface area (Å²) in [5, 5.41) is 10.0. The quantitative estimate of drug-likeness (QED) is 0.886. The van der Waals surface area contributed by atoms with Crippen LogP contribution in [0.4, 0.5) is 8.78 Å². The minimum Gasteiger partial charge on any atom is -0.394 e. The van der Waals surface area contributed by atoms with Crippen LogP contribution >= 0.6 is 0 Å². The lowest BCUT2D eigenvalue weighted by Gasteiger charge is -2.33. The van der Waals surface area contributed by atoms with E-state index in [9.17, 15) is 13.9 Å². The van der Waals surface area contributed by atoms with Crippen LogP contribution in [-0.2, 0) is 22.8 Å². The van der Waals surface area contributed by atoms with E-state index >= 15 is 0 Å². The molecule has 2 aliphatic heterocycles. The predicted molar refractivity (Wildman–Crippen MR) is 91.5 cm³/mol. The highest BCUT2D eigenvalue weighted by Crippen LogP contribution is 2.48. The smallest absolute Gasteiger partial charge is 0.139 e. The molecule has 0 amide bonds. The van der Waals surface area contributed by atoms with Gasteiger partial charge in [0.2, 0.25) is 0 Å². The van der Waals surface area contributed by atoms with Gasteiger partial charge in [-0.05, 0) is 34.4 Å². The van der Waals surface area contributed by atoms with Crippen LogP contribution in [0.2, 0.25) is 0 Å². The molecule has 0 radical (unpaired) electrons. The minimum absolute atomic E-state index is 0.119. The lowest BCUT2D eigenvalue weighted by molar-refractivity contribution is -0.0631. The zero-order valence-corrected chi connectivity index (χ0v) is 14.3. The summed E-state index contributed by atoms with van der Waals surface area (Å²) < 4.78 is 38.1. The molecule has 0 aliphatic carbocycles. The van der Waals surface area contributed by atoms with E-state index in [1.54, 1.807) is 36.4 Å². The van der Waals surface area contributed by atoms with Crippen molar-refractivity contribution in [3.05, 3.63) is 70.8 Å². The first kappa shape index (κ1) is 17.5. The Morgan fingerprint density at radius 3 is 1.85 bits per heavy atom. The molecule has 4 nitrogen and oxygen atoms in total. The van der Waals surface area contributed by atoms with Crippen LogP contribution in [0.1, 0.15) is 34.7 Å². The summed E-state index contributed by atoms with van der Waals surface area (Å²) in [6.45, 7) is -0.597. The molecule has 2 aromatic rings. The van der Waals surface area contributed by atoms with Crippen molar-refractivity contribution in [2.24, 2.45) is 0 Å². The monoisotopic (exact) mass is 361 g/mol. The molecule has 6 heteroatoms. The van der Waals surface area contributed by atoms with Crippen LogP contribution in [0.5, 0.6) is 0 Å². The summed E-state index contributed by atoms with van der Waals surface area (Å²) in [7, 11) is 0. The normalized spacial score (nSPS) is 28.4. The highest BCUT2D eigenvalue weighted by Gasteiger charge is 2.56. The van der Waals surface area contributed by atoms with Crippen LogP contribution in [-0.4, -0.2) is 35.4 Å². The Hall–Kier alpha value is -1.86. The molecule has 2 heterocycles. The van der Waals surface area contributed by atoms with Crippen molar-refractivity contribution >= 4 is 0 Å². The first-order chi connectivity index (χ1) is 12.7. The van der Waals surface area contributed by atoms with Crippen LogP contribution in [0.25, 0.3) is 0 Å². The zero-order chi connectivity index (χ0) is 18.1. The van der Waals surface area contributed by atoms with Gasteiger partial charge < -0.3 is 14.6 Å². The number of hydrogen-bond acceptors (Lipinski definition) is 4. The van der Waals surface area contributed by atoms with Crippen molar-refractivity contribution in [3.63, 3.8) is 0 Å². The Bertz CT molecular complexity index is 726. The maximum atomic E-state index is 13.1. The van der Waals surface area contributed by atoms with E-state index in [4.69, 9.17) is 9.47 Å². The predicted octanol–water partition coefficient (Wildman–Crippen LogP) is 3.42. The third kappa shape index (κ3) is 2.83. The summed E-state index contributed by atoms with van der Waals surface area (Å²) in [6.07, 6.45) is -0.926. The summed E-state index contributed by atoms with van der Waals surface area (Å²) in [6, 6.07) is 14.3. The number of halogens is 2. The number of ether oxygens (including phenoxy) is 2. The van der Waals surface area contributed by atoms with Gasteiger partial charge in [0.15, 0.2) is 0 Å². The SMILES string of the molecule is OC[C@]12CO[C@H](c3cccc(CF)c3)N1[C@H](c1cccc(CF)c1)OC2. The van der Waals surface area contributed by atoms with Crippen molar-refractivity contribution in [1.82, 2.24) is 4.90 Å². The number of fused-ring (bicyclic) bond motifs is 1. The van der Waals surface area contributed by atoms with Crippen molar-refractivity contribution in [2.75, 3.05) is 19.8 Å². The van der Waals surface area contributed by atoms with Gasteiger partial charge in [-0.2, -0.15) is 0 Å². The summed E-state index contributed by atoms with van der Waals surface area (Å²) in [5.41, 5.74) is 2.11. The topological polar surface area (TPSA) is 41.9 Å². The summed E-state index contributed by atoms with van der Waals surface area (Å²) in [4.78, 5) is 1.99. The number of alkyl halides is 2. The third-order valence-corrected chi connectivity index (χ3v) is 5.15. The molecule has 0 aromatic heterocycles. The fourth-order valence-corrected chi connectivity index (χ4v) is 3.79. The van der Waals surface area contributed by atoms with Crippen molar-refractivity contribution in [1.29, 1.82) is 0 Å². The number of aliphatic hydroxyl groups excluding tert-OH is 1. The molecule has 138 valence electrons. The number of nitrogens with zero attached hydrogens (tertiary/aromatic N) is 1. The van der Waals surface area contributed by atoms with Gasteiger partial charge in [0.25, 0.3) is 0 Å². The maximum Gasteiger partial charge on any atom is 0.139 e. The van der Waals surface area contributed by atoms with Crippen LogP contribution in [0, 0.1) is 0 Å². The summed E-state index contributed by atoms with van der Waals surface area (Å²) in [5.74, 6) is 0. The molecular weight excluding hydrogens is 340 g/mol. The van der Waals surface area contributed by atoms with E-state index < -0.39 is 31.3 Å². The zero-order valence-electron chi connectivity index (χ0n) is 14.3. The van der Waals surface area contributed by atoms with E-state index in [0.29, 0.717) is 24.3 Å². The van der Waals surface area contributed by atoms with E-state index in [2.05, 4.69) is 0 Å². The highest BCUT2D eigenvalue weighted by molar-refractivity contribution is 5.30.